The van der Waals surface area contributed by atoms with Gasteiger partial charge in [0.25, 0.3) is 0 Å². The molecule has 0 bridgehead atoms. The van der Waals surface area contributed by atoms with Crippen LogP contribution >= 0.6 is 15.9 Å². The van der Waals surface area contributed by atoms with E-state index in [0.717, 1.165) is 0 Å². The van der Waals surface area contributed by atoms with Crippen molar-refractivity contribution in [2.45, 2.75) is 12.5 Å². The molecule has 1 N–H and O–H groups in total. The van der Waals surface area contributed by atoms with Gasteiger partial charge in [-0.3, -0.25) is 9.69 Å². The van der Waals surface area contributed by atoms with Crippen LogP contribution in [-0.2, 0) is 4.79 Å². The number of carbonyl (C=O) groups is 2. The summed E-state index contributed by atoms with van der Waals surface area (Å²) in [7, 11) is 0. The number of halogens is 2. The van der Waals surface area contributed by atoms with Crippen LogP contribution in [0.5, 0.6) is 11.5 Å². The third-order valence-electron chi connectivity index (χ3n) is 4.51. The highest BCUT2D eigenvalue weighted by Crippen LogP contribution is 2.38. The van der Waals surface area contributed by atoms with Crippen LogP contribution in [0.2, 0.25) is 0 Å². The van der Waals surface area contributed by atoms with E-state index >= 15 is 0 Å². The van der Waals surface area contributed by atoms with E-state index in [-0.39, 0.29) is 18.0 Å². The van der Waals surface area contributed by atoms with Crippen LogP contribution in [0.15, 0.2) is 53.1 Å². The van der Waals surface area contributed by atoms with Gasteiger partial charge in [-0.15, -0.1) is 0 Å². The highest BCUT2D eigenvalue weighted by atomic mass is 79.9. The van der Waals surface area contributed by atoms with Crippen molar-refractivity contribution in [1.82, 2.24) is 4.90 Å². The van der Waals surface area contributed by atoms with Crippen molar-refractivity contribution in [3.05, 3.63) is 64.5 Å². The lowest BCUT2D eigenvalue weighted by Gasteiger charge is -2.31. The molecule has 2 amide bonds. The number of hydrogen-bond acceptors (Lipinski definition) is 4. The monoisotopic (exact) mass is 446 g/mol. The molecule has 0 radical (unpaired) electrons. The maximum Gasteiger partial charge on any atom is 0.326 e. The number of fused-ring (bicyclic) bond motifs is 1. The quantitative estimate of drug-likeness (QED) is 0.740. The van der Waals surface area contributed by atoms with Gasteiger partial charge in [0.2, 0.25) is 0 Å². The molecule has 1 unspecified atom stereocenters. The summed E-state index contributed by atoms with van der Waals surface area (Å²) < 4.78 is 25.0. The SMILES string of the molecule is O=C1C=CN(C(=O)Nc2cc3c(cc2Br)OCCO3)C(c2ccc(F)cc2)C1. The molecule has 2 aromatic rings. The minimum Gasteiger partial charge on any atom is -0.486 e. The molecule has 2 aliphatic heterocycles. The molecule has 0 saturated carbocycles. The number of urea groups is 1. The Balaban J connectivity index is 1.60. The third kappa shape index (κ3) is 3.73. The number of amides is 2. The number of allylic oxidation sites excluding steroid dienone is 1. The highest BCUT2D eigenvalue weighted by molar-refractivity contribution is 9.10. The second-order valence-corrected chi connectivity index (χ2v) is 7.22. The van der Waals surface area contributed by atoms with Gasteiger partial charge in [0.05, 0.1) is 11.7 Å². The predicted octanol–water partition coefficient (Wildman–Crippen LogP) is 4.42. The van der Waals surface area contributed by atoms with E-state index in [1.807, 2.05) is 0 Å². The van der Waals surface area contributed by atoms with E-state index in [2.05, 4.69) is 21.2 Å². The molecular weight excluding hydrogens is 431 g/mol. The Morgan fingerprint density at radius 3 is 2.54 bits per heavy atom. The van der Waals surface area contributed by atoms with Crippen LogP contribution < -0.4 is 14.8 Å². The molecule has 6 nitrogen and oxygen atoms in total. The van der Waals surface area contributed by atoms with E-state index in [4.69, 9.17) is 9.47 Å². The van der Waals surface area contributed by atoms with Crippen LogP contribution in [0.4, 0.5) is 14.9 Å². The molecule has 8 heteroatoms. The first-order valence-corrected chi connectivity index (χ1v) is 9.45. The van der Waals surface area contributed by atoms with Gasteiger partial charge in [-0.25, -0.2) is 9.18 Å². The summed E-state index contributed by atoms with van der Waals surface area (Å²) in [6.45, 7) is 0.905. The summed E-state index contributed by atoms with van der Waals surface area (Å²) in [5, 5.41) is 2.82. The number of ether oxygens (including phenoxy) is 2. The minimum atomic E-state index is -0.519. The molecule has 0 aromatic heterocycles. The highest BCUT2D eigenvalue weighted by Gasteiger charge is 2.29. The molecule has 0 spiro atoms. The van der Waals surface area contributed by atoms with Crippen molar-refractivity contribution in [2.24, 2.45) is 0 Å². The number of rotatable bonds is 2. The van der Waals surface area contributed by atoms with Crippen molar-refractivity contribution < 1.29 is 23.5 Å². The third-order valence-corrected chi connectivity index (χ3v) is 5.17. The van der Waals surface area contributed by atoms with Crippen LogP contribution in [0.25, 0.3) is 0 Å². The Morgan fingerprint density at radius 1 is 1.14 bits per heavy atom. The summed E-state index contributed by atoms with van der Waals surface area (Å²) in [5.41, 5.74) is 1.19. The standard InChI is InChI=1S/C20H16BrFN2O4/c21-15-10-18-19(28-8-7-27-18)11-16(15)23-20(26)24-6-5-14(25)9-17(24)12-1-3-13(22)4-2-12/h1-6,10-11,17H,7-9H2,(H,23,26). The van der Waals surface area contributed by atoms with Crippen molar-refractivity contribution in [2.75, 3.05) is 18.5 Å². The Bertz CT molecular complexity index is 961. The lowest BCUT2D eigenvalue weighted by Crippen LogP contribution is -2.37. The second-order valence-electron chi connectivity index (χ2n) is 6.37. The maximum atomic E-state index is 13.3. The fraction of sp³-hybridized carbons (Fsp3) is 0.200. The fourth-order valence-electron chi connectivity index (χ4n) is 3.14. The Labute approximate surface area is 169 Å². The van der Waals surface area contributed by atoms with Gasteiger partial charge in [0, 0.05) is 29.2 Å². The van der Waals surface area contributed by atoms with Crippen molar-refractivity contribution in [1.29, 1.82) is 0 Å². The number of benzene rings is 2. The topological polar surface area (TPSA) is 67.9 Å². The fourth-order valence-corrected chi connectivity index (χ4v) is 3.56. The van der Waals surface area contributed by atoms with E-state index in [1.165, 1.54) is 29.3 Å². The summed E-state index contributed by atoms with van der Waals surface area (Å²) >= 11 is 3.42. The summed E-state index contributed by atoms with van der Waals surface area (Å²) in [6, 6.07) is 8.25. The molecule has 28 heavy (non-hydrogen) atoms. The van der Waals surface area contributed by atoms with Crippen LogP contribution in [0.3, 0.4) is 0 Å². The molecule has 0 saturated heterocycles. The molecule has 4 rings (SSSR count). The average Bonchev–Trinajstić information content (AvgIpc) is 2.69. The number of ketones is 1. The normalized spacial score (nSPS) is 18.1. The number of nitrogens with one attached hydrogen (secondary N) is 1. The molecule has 2 aliphatic rings. The molecule has 144 valence electrons. The van der Waals surface area contributed by atoms with Gasteiger partial charge >= 0.3 is 6.03 Å². The van der Waals surface area contributed by atoms with Gasteiger partial charge in [0.15, 0.2) is 17.3 Å². The first-order chi connectivity index (χ1) is 13.5. The second kappa shape index (κ2) is 7.63. The van der Waals surface area contributed by atoms with Crippen molar-refractivity contribution in [3.63, 3.8) is 0 Å². The number of hydrogen-bond donors (Lipinski definition) is 1. The lowest BCUT2D eigenvalue weighted by atomic mass is 9.97. The predicted molar refractivity (Wildman–Crippen MR) is 104 cm³/mol. The van der Waals surface area contributed by atoms with E-state index in [1.54, 1.807) is 24.3 Å². The molecule has 0 fully saturated rings. The summed E-state index contributed by atoms with van der Waals surface area (Å²) in [5.74, 6) is 0.671. The zero-order chi connectivity index (χ0) is 19.7. The first-order valence-electron chi connectivity index (χ1n) is 8.66. The van der Waals surface area contributed by atoms with Gasteiger partial charge < -0.3 is 14.8 Å². The van der Waals surface area contributed by atoms with Crippen molar-refractivity contribution in [3.8, 4) is 11.5 Å². The van der Waals surface area contributed by atoms with Gasteiger partial charge in [-0.05, 0) is 39.7 Å². The minimum absolute atomic E-state index is 0.0983. The zero-order valence-electron chi connectivity index (χ0n) is 14.7. The Hall–Kier alpha value is -2.87. The number of carbonyl (C=O) groups excluding carboxylic acids is 2. The maximum absolute atomic E-state index is 13.3. The zero-order valence-corrected chi connectivity index (χ0v) is 16.2. The molecule has 0 aliphatic carbocycles. The molecular formula is C20H16BrFN2O4. The average molecular weight is 447 g/mol. The van der Waals surface area contributed by atoms with E-state index in [9.17, 15) is 14.0 Å². The largest absolute Gasteiger partial charge is 0.486 e. The summed E-state index contributed by atoms with van der Waals surface area (Å²) in [4.78, 5) is 26.3. The van der Waals surface area contributed by atoms with E-state index in [0.29, 0.717) is 40.4 Å². The molecule has 2 aromatic carbocycles. The first kappa shape index (κ1) is 18.5. The molecule has 2 heterocycles. The van der Waals surface area contributed by atoms with Crippen LogP contribution in [0, 0.1) is 5.82 Å². The number of nitrogens with zero attached hydrogens (tertiary/aromatic N) is 1. The molecule has 1 atom stereocenters. The lowest BCUT2D eigenvalue weighted by molar-refractivity contribution is -0.116. The van der Waals surface area contributed by atoms with E-state index < -0.39 is 12.1 Å². The summed E-state index contributed by atoms with van der Waals surface area (Å²) in [6.07, 6.45) is 2.93. The van der Waals surface area contributed by atoms with Crippen molar-refractivity contribution >= 4 is 33.4 Å². The van der Waals surface area contributed by atoms with Gasteiger partial charge in [-0.2, -0.15) is 0 Å². The van der Waals surface area contributed by atoms with Crippen LogP contribution in [0.1, 0.15) is 18.0 Å². The Kier molecular flexibility index (Phi) is 5.04. The smallest absolute Gasteiger partial charge is 0.326 e. The number of anilines is 1. The van der Waals surface area contributed by atoms with Crippen LogP contribution in [-0.4, -0.2) is 29.9 Å². The van der Waals surface area contributed by atoms with Gasteiger partial charge in [-0.1, -0.05) is 12.1 Å². The Morgan fingerprint density at radius 2 is 1.82 bits per heavy atom. The van der Waals surface area contributed by atoms with Gasteiger partial charge in [0.1, 0.15) is 19.0 Å².